The predicted octanol–water partition coefficient (Wildman–Crippen LogP) is 2.42. The van der Waals surface area contributed by atoms with Crippen molar-refractivity contribution in [2.45, 2.75) is 224 Å². The van der Waals surface area contributed by atoms with Gasteiger partial charge in [0, 0.05) is 25.2 Å². The van der Waals surface area contributed by atoms with Crippen LogP contribution in [0.1, 0.15) is 127 Å². The predicted molar refractivity (Wildman–Crippen MR) is 237 cm³/mol. The van der Waals surface area contributed by atoms with Crippen molar-refractivity contribution < 1.29 is 83.6 Å². The summed E-state index contributed by atoms with van der Waals surface area (Å²) in [6.07, 6.45) is -10.1. The Hall–Kier alpha value is -1.84. The van der Waals surface area contributed by atoms with Gasteiger partial charge < -0.3 is 74.0 Å². The lowest BCUT2D eigenvalue weighted by atomic mass is 9.35. The van der Waals surface area contributed by atoms with Crippen LogP contribution in [-0.2, 0) is 42.7 Å². The van der Waals surface area contributed by atoms with Crippen molar-refractivity contribution in [3.63, 3.8) is 0 Å². The van der Waals surface area contributed by atoms with E-state index in [4.69, 9.17) is 33.2 Å². The standard InChI is InChI=1S/C50H80O17/c1-23(2)18-27-20-50(60,45(59)64-27)29-12-16-48(8)28(29)10-11-33-47(7)15-14-34(46(5,6)32(47)13-17-49(33,48)9)65-31-19-26(21-61-25(4)51)36(54)42(67-43-39(57)37(55)30(52)22-62-43)41(31)66-44-40(58)38(56)35(53)24(3)63-44/h18,24,26-44,52-58,60H,10-17,19-22H2,1-9H3/t24-,26+,27?,28?,29?,30+,31+,32?,33?,34-,35-,36+,37-,38+,39+,40+,41-,42-,43-,44+,47-,48+,49+,50+/m0/s1. The summed E-state index contributed by atoms with van der Waals surface area (Å²) in [6, 6.07) is 0. The number of aliphatic hydroxyl groups excluding tert-OH is 7. The summed E-state index contributed by atoms with van der Waals surface area (Å²) in [4.78, 5) is 25.6. The van der Waals surface area contributed by atoms with Gasteiger partial charge in [0.2, 0.25) is 0 Å². The molecule has 0 spiro atoms. The largest absolute Gasteiger partial charge is 0.465 e. The average Bonchev–Trinajstić information content (AvgIpc) is 3.76. The molecule has 0 aromatic heterocycles. The maximum atomic E-state index is 13.5. The van der Waals surface area contributed by atoms with Crippen LogP contribution in [0.3, 0.4) is 0 Å². The summed E-state index contributed by atoms with van der Waals surface area (Å²) < 4.78 is 42.9. The molecule has 0 radical (unpaired) electrons. The van der Waals surface area contributed by atoms with E-state index in [9.17, 15) is 50.4 Å². The lowest BCUT2D eigenvalue weighted by Crippen LogP contribution is -2.66. The van der Waals surface area contributed by atoms with Crippen molar-refractivity contribution in [3.8, 4) is 0 Å². The Labute approximate surface area is 394 Å². The summed E-state index contributed by atoms with van der Waals surface area (Å²) >= 11 is 0. The second kappa shape index (κ2) is 18.6. The average molecular weight is 953 g/mol. The van der Waals surface area contributed by atoms with E-state index in [-0.39, 0.29) is 66.2 Å². The van der Waals surface area contributed by atoms with E-state index >= 15 is 0 Å². The third-order valence-corrected chi connectivity index (χ3v) is 19.3. The van der Waals surface area contributed by atoms with Crippen LogP contribution in [0.4, 0.5) is 0 Å². The summed E-state index contributed by atoms with van der Waals surface area (Å²) in [5.74, 6) is -1.27. The number of rotatable bonds is 10. The van der Waals surface area contributed by atoms with Crippen LogP contribution in [0, 0.1) is 51.2 Å². The monoisotopic (exact) mass is 953 g/mol. The molecule has 0 aromatic rings. The SMILES string of the molecule is CC(=O)OC[C@H]1C[C@@H](O[C@H]2CC[C@@]3(C)C(CC[C@]4(C)C3CCC3C([C@]5(O)CC(C=C(C)C)OC5=O)CC[C@]34C)C2(C)C)[C@H](O[C@H]2O[C@@H](C)[C@H](O)[C@@H](O)[C@H]2O)[C@@H](O[C@@H]2OC[C@@H](O)[C@H](O)[C@H]2O)[C@@H]1O. The number of ether oxygens (including phenoxy) is 7. The highest BCUT2D eigenvalue weighted by molar-refractivity contribution is 5.82. The number of cyclic esters (lactones) is 1. The minimum atomic E-state index is -1.73. The van der Waals surface area contributed by atoms with E-state index in [0.29, 0.717) is 12.3 Å². The van der Waals surface area contributed by atoms with Gasteiger partial charge in [-0.25, -0.2) is 4.79 Å². The first-order valence-electron chi connectivity index (χ1n) is 25.0. The minimum absolute atomic E-state index is 0.0592. The van der Waals surface area contributed by atoms with Gasteiger partial charge in [0.15, 0.2) is 18.2 Å². The Balaban J connectivity index is 1.07. The van der Waals surface area contributed by atoms with E-state index in [2.05, 4.69) is 34.6 Å². The summed E-state index contributed by atoms with van der Waals surface area (Å²) in [6.45, 7) is 18.0. The van der Waals surface area contributed by atoms with Crippen LogP contribution >= 0.6 is 0 Å². The van der Waals surface area contributed by atoms with Crippen molar-refractivity contribution >= 4 is 11.9 Å². The molecule has 17 nitrogen and oxygen atoms in total. The van der Waals surface area contributed by atoms with Gasteiger partial charge in [-0.3, -0.25) is 4.79 Å². The number of allylic oxidation sites excluding steroid dienone is 1. The molecule has 3 heterocycles. The Morgan fingerprint density at radius 3 is 2.09 bits per heavy atom. The Kier molecular flexibility index (Phi) is 14.3. The number of carbonyl (C=O) groups is 2. The first kappa shape index (κ1) is 51.5. The van der Waals surface area contributed by atoms with Gasteiger partial charge in [0.1, 0.15) is 54.9 Å². The van der Waals surface area contributed by atoms with Gasteiger partial charge in [-0.2, -0.15) is 0 Å². The van der Waals surface area contributed by atoms with E-state index in [1.807, 2.05) is 19.9 Å². The smallest absolute Gasteiger partial charge is 0.339 e. The molecule has 3 aliphatic heterocycles. The van der Waals surface area contributed by atoms with E-state index < -0.39 is 115 Å². The number of aliphatic hydroxyl groups is 8. The van der Waals surface area contributed by atoms with Crippen LogP contribution in [0.25, 0.3) is 0 Å². The Morgan fingerprint density at radius 1 is 0.731 bits per heavy atom. The number of hydrogen-bond acceptors (Lipinski definition) is 17. The normalized spacial score (nSPS) is 52.9. The molecule has 3 saturated heterocycles. The van der Waals surface area contributed by atoms with E-state index in [1.54, 1.807) is 0 Å². The highest BCUT2D eigenvalue weighted by Gasteiger charge is 2.71. The van der Waals surface area contributed by atoms with Crippen LogP contribution in [0.2, 0.25) is 0 Å². The van der Waals surface area contributed by atoms with Crippen LogP contribution in [0.15, 0.2) is 11.6 Å². The molecule has 0 amide bonds. The van der Waals surface area contributed by atoms with Crippen molar-refractivity contribution in [3.05, 3.63) is 11.6 Å². The van der Waals surface area contributed by atoms with E-state index in [1.165, 1.54) is 13.8 Å². The maximum Gasteiger partial charge on any atom is 0.339 e. The van der Waals surface area contributed by atoms with Gasteiger partial charge >= 0.3 is 11.9 Å². The lowest BCUT2D eigenvalue weighted by Gasteiger charge is -2.70. The van der Waals surface area contributed by atoms with Crippen LogP contribution in [0.5, 0.6) is 0 Å². The van der Waals surface area contributed by atoms with Gasteiger partial charge in [0.05, 0.1) is 37.6 Å². The molecule has 0 bridgehead atoms. The number of carbonyl (C=O) groups excluding carboxylic acids is 2. The molecule has 5 unspecified atom stereocenters. The zero-order valence-corrected chi connectivity index (χ0v) is 40.9. The van der Waals surface area contributed by atoms with Crippen molar-refractivity contribution in [1.29, 1.82) is 0 Å². The van der Waals surface area contributed by atoms with Gasteiger partial charge in [-0.15, -0.1) is 0 Å². The first-order valence-corrected chi connectivity index (χ1v) is 25.0. The molecule has 382 valence electrons. The molecule has 5 aliphatic carbocycles. The van der Waals surface area contributed by atoms with Crippen LogP contribution in [-0.4, -0.2) is 164 Å². The first-order chi connectivity index (χ1) is 31.3. The molecule has 8 aliphatic rings. The summed E-state index contributed by atoms with van der Waals surface area (Å²) in [5.41, 5.74) is -1.13. The number of hydrogen-bond donors (Lipinski definition) is 8. The lowest BCUT2D eigenvalue weighted by molar-refractivity contribution is -0.356. The molecule has 0 aromatic carbocycles. The molecule has 24 atom stereocenters. The topological polar surface area (TPSA) is 261 Å². The maximum absolute atomic E-state index is 13.5. The zero-order chi connectivity index (χ0) is 48.9. The zero-order valence-electron chi connectivity index (χ0n) is 40.9. The van der Waals surface area contributed by atoms with Gasteiger partial charge in [-0.05, 0) is 124 Å². The third kappa shape index (κ3) is 8.66. The Morgan fingerprint density at radius 2 is 1.40 bits per heavy atom. The number of esters is 2. The van der Waals surface area contributed by atoms with Crippen LogP contribution < -0.4 is 0 Å². The fourth-order valence-electron chi connectivity index (χ4n) is 15.6. The van der Waals surface area contributed by atoms with Gasteiger partial charge in [0.25, 0.3) is 0 Å². The molecular formula is C50H80O17. The van der Waals surface area contributed by atoms with Crippen molar-refractivity contribution in [2.24, 2.45) is 51.2 Å². The second-order valence-electron chi connectivity index (χ2n) is 23.6. The highest BCUT2D eigenvalue weighted by Crippen LogP contribution is 2.76. The molecular weight excluding hydrogens is 873 g/mol. The Bertz CT molecular complexity index is 1840. The fraction of sp³-hybridized carbons (Fsp3) is 0.920. The fourth-order valence-corrected chi connectivity index (χ4v) is 15.6. The summed E-state index contributed by atoms with van der Waals surface area (Å²) in [5, 5.41) is 88.5. The molecule has 5 saturated carbocycles. The number of fused-ring (bicyclic) bond motifs is 5. The molecule has 8 fully saturated rings. The molecule has 67 heavy (non-hydrogen) atoms. The van der Waals surface area contributed by atoms with Crippen molar-refractivity contribution in [1.82, 2.24) is 0 Å². The van der Waals surface area contributed by atoms with Crippen molar-refractivity contribution in [2.75, 3.05) is 13.2 Å². The highest BCUT2D eigenvalue weighted by atomic mass is 16.7. The molecule has 17 heteroatoms. The summed E-state index contributed by atoms with van der Waals surface area (Å²) in [7, 11) is 0. The quantitative estimate of drug-likeness (QED) is 0.116. The minimum Gasteiger partial charge on any atom is -0.465 e. The second-order valence-corrected chi connectivity index (χ2v) is 23.6. The third-order valence-electron chi connectivity index (χ3n) is 19.3. The molecule has 8 rings (SSSR count). The molecule has 8 N–H and O–H groups in total. The van der Waals surface area contributed by atoms with E-state index in [0.717, 1.165) is 50.5 Å². The van der Waals surface area contributed by atoms with Gasteiger partial charge in [-0.1, -0.05) is 40.2 Å².